The summed E-state index contributed by atoms with van der Waals surface area (Å²) < 4.78 is 38.7. The monoisotopic (exact) mass is 493 g/mol. The van der Waals surface area contributed by atoms with E-state index in [2.05, 4.69) is 22.0 Å². The van der Waals surface area contributed by atoms with E-state index in [1.807, 2.05) is 30.3 Å². The van der Waals surface area contributed by atoms with E-state index in [9.17, 15) is 8.42 Å². The number of nitrogens with zero attached hydrogens (tertiary/aromatic N) is 5. The molecule has 1 fully saturated rings. The number of benzene rings is 2. The second-order valence-corrected chi connectivity index (χ2v) is 10.3. The quantitative estimate of drug-likeness (QED) is 0.384. The predicted molar refractivity (Wildman–Crippen MR) is 133 cm³/mol. The molecule has 0 spiro atoms. The first-order valence-corrected chi connectivity index (χ1v) is 13.1. The second-order valence-electron chi connectivity index (χ2n) is 8.36. The van der Waals surface area contributed by atoms with Gasteiger partial charge in [-0.05, 0) is 30.7 Å². The average Bonchev–Trinajstić information content (AvgIpc) is 3.33. The van der Waals surface area contributed by atoms with E-state index in [1.54, 1.807) is 31.4 Å². The fraction of sp³-hybridized carbons (Fsp3) is 0.320. The van der Waals surface area contributed by atoms with Crippen molar-refractivity contribution in [3.05, 3.63) is 60.4 Å². The van der Waals surface area contributed by atoms with Crippen molar-refractivity contribution in [1.29, 1.82) is 0 Å². The smallest absolute Gasteiger partial charge is 0.263 e. The predicted octanol–water partition coefficient (Wildman–Crippen LogP) is 3.76. The van der Waals surface area contributed by atoms with Crippen molar-refractivity contribution >= 4 is 26.9 Å². The molecular weight excluding hydrogens is 466 g/mol. The summed E-state index contributed by atoms with van der Waals surface area (Å²) in [5, 5.41) is 5.06. The SMILES string of the molecule is CCCc1nc(N2CCN(S(=O)(=O)c3ccc(OC)cc3)CC2)c2c(-c3ccccc3)noc2n1. The molecule has 9 nitrogen and oxygen atoms in total. The summed E-state index contributed by atoms with van der Waals surface area (Å²) in [6.07, 6.45) is 1.62. The zero-order chi connectivity index (χ0) is 24.4. The molecule has 35 heavy (non-hydrogen) atoms. The van der Waals surface area contributed by atoms with Gasteiger partial charge in [0.25, 0.3) is 5.71 Å². The Kier molecular flexibility index (Phi) is 6.40. The van der Waals surface area contributed by atoms with Gasteiger partial charge >= 0.3 is 0 Å². The number of rotatable bonds is 7. The van der Waals surface area contributed by atoms with Crippen LogP contribution in [-0.4, -0.2) is 61.1 Å². The Balaban J connectivity index is 1.45. The highest BCUT2D eigenvalue weighted by molar-refractivity contribution is 7.89. The number of aryl methyl sites for hydroxylation is 1. The molecule has 5 rings (SSSR count). The van der Waals surface area contributed by atoms with Crippen LogP contribution >= 0.6 is 0 Å². The number of hydrogen-bond acceptors (Lipinski definition) is 8. The molecule has 0 saturated carbocycles. The Morgan fingerprint density at radius 2 is 1.69 bits per heavy atom. The lowest BCUT2D eigenvalue weighted by atomic mass is 10.1. The zero-order valence-electron chi connectivity index (χ0n) is 19.7. The van der Waals surface area contributed by atoms with Crippen molar-refractivity contribution in [2.24, 2.45) is 0 Å². The van der Waals surface area contributed by atoms with Gasteiger partial charge in [-0.15, -0.1) is 0 Å². The number of anilines is 1. The first-order valence-electron chi connectivity index (χ1n) is 11.6. The van der Waals surface area contributed by atoms with Gasteiger partial charge in [0, 0.05) is 38.2 Å². The first kappa shape index (κ1) is 23.3. The molecule has 0 aliphatic carbocycles. The molecule has 1 saturated heterocycles. The number of hydrogen-bond donors (Lipinski definition) is 0. The van der Waals surface area contributed by atoms with Crippen LogP contribution in [0.4, 0.5) is 5.82 Å². The highest BCUT2D eigenvalue weighted by Crippen LogP contribution is 2.34. The van der Waals surface area contributed by atoms with Crippen molar-refractivity contribution < 1.29 is 17.7 Å². The summed E-state index contributed by atoms with van der Waals surface area (Å²) in [4.78, 5) is 11.8. The molecule has 0 bridgehead atoms. The van der Waals surface area contributed by atoms with Crippen LogP contribution in [0.2, 0.25) is 0 Å². The van der Waals surface area contributed by atoms with Gasteiger partial charge in [0.05, 0.1) is 12.0 Å². The van der Waals surface area contributed by atoms with Crippen LogP contribution in [0.15, 0.2) is 64.0 Å². The van der Waals surface area contributed by atoms with Crippen LogP contribution in [0.25, 0.3) is 22.4 Å². The van der Waals surface area contributed by atoms with Crippen LogP contribution in [0, 0.1) is 0 Å². The maximum atomic E-state index is 13.2. The molecule has 0 radical (unpaired) electrons. The zero-order valence-corrected chi connectivity index (χ0v) is 20.5. The summed E-state index contributed by atoms with van der Waals surface area (Å²) in [5.74, 6) is 2.05. The van der Waals surface area contributed by atoms with Crippen molar-refractivity contribution in [2.75, 3.05) is 38.2 Å². The van der Waals surface area contributed by atoms with Gasteiger partial charge in [0.1, 0.15) is 28.5 Å². The Labute approximate surface area is 204 Å². The third kappa shape index (κ3) is 4.46. The maximum Gasteiger partial charge on any atom is 0.263 e. The minimum absolute atomic E-state index is 0.256. The molecule has 0 unspecified atom stereocenters. The fourth-order valence-electron chi connectivity index (χ4n) is 4.27. The maximum absolute atomic E-state index is 13.2. The molecule has 0 atom stereocenters. The van der Waals surface area contributed by atoms with E-state index >= 15 is 0 Å². The summed E-state index contributed by atoms with van der Waals surface area (Å²) in [5.41, 5.74) is 2.05. The van der Waals surface area contributed by atoms with Crippen LogP contribution in [-0.2, 0) is 16.4 Å². The third-order valence-electron chi connectivity index (χ3n) is 6.12. The normalized spacial score (nSPS) is 15.0. The van der Waals surface area contributed by atoms with Crippen LogP contribution in [0.1, 0.15) is 19.2 Å². The summed E-state index contributed by atoms with van der Waals surface area (Å²) in [7, 11) is -2.05. The number of sulfonamides is 1. The molecule has 2 aromatic carbocycles. The Hall–Kier alpha value is -3.50. The number of methoxy groups -OCH3 is 1. The molecule has 1 aliphatic rings. The van der Waals surface area contributed by atoms with E-state index in [-0.39, 0.29) is 4.90 Å². The number of ether oxygens (including phenoxy) is 1. The van der Waals surface area contributed by atoms with Crippen molar-refractivity contribution in [2.45, 2.75) is 24.7 Å². The number of aromatic nitrogens is 3. The highest BCUT2D eigenvalue weighted by atomic mass is 32.2. The van der Waals surface area contributed by atoms with Gasteiger partial charge in [-0.2, -0.15) is 9.29 Å². The lowest BCUT2D eigenvalue weighted by Gasteiger charge is -2.35. The van der Waals surface area contributed by atoms with E-state index < -0.39 is 10.0 Å². The number of piperazine rings is 1. The Morgan fingerprint density at radius 3 is 2.34 bits per heavy atom. The van der Waals surface area contributed by atoms with Gasteiger partial charge in [-0.25, -0.2) is 13.4 Å². The summed E-state index contributed by atoms with van der Waals surface area (Å²) in [6.45, 7) is 3.74. The minimum atomic E-state index is -3.60. The highest BCUT2D eigenvalue weighted by Gasteiger charge is 2.31. The number of fused-ring (bicyclic) bond motifs is 1. The fourth-order valence-corrected chi connectivity index (χ4v) is 5.70. The van der Waals surface area contributed by atoms with Gasteiger partial charge in [-0.3, -0.25) is 0 Å². The molecule has 0 N–H and O–H groups in total. The summed E-state index contributed by atoms with van der Waals surface area (Å²) in [6, 6.07) is 16.3. The van der Waals surface area contributed by atoms with Gasteiger partial charge in [0.2, 0.25) is 10.0 Å². The molecule has 1 aliphatic heterocycles. The van der Waals surface area contributed by atoms with Gasteiger partial charge < -0.3 is 14.2 Å². The van der Waals surface area contributed by atoms with E-state index in [4.69, 9.17) is 14.2 Å². The first-order chi connectivity index (χ1) is 17.0. The second kappa shape index (κ2) is 9.63. The van der Waals surface area contributed by atoms with E-state index in [0.29, 0.717) is 49.2 Å². The standard InChI is InChI=1S/C25H27N5O4S/c1-3-7-21-26-24(22-23(28-34-25(22)27-21)18-8-5-4-6-9-18)29-14-16-30(17-15-29)35(31,32)20-12-10-19(33-2)11-13-20/h4-6,8-13H,3,7,14-17H2,1-2H3. The lowest BCUT2D eigenvalue weighted by Crippen LogP contribution is -2.49. The molecule has 0 amide bonds. The van der Waals surface area contributed by atoms with Crippen LogP contribution in [0.5, 0.6) is 5.75 Å². The minimum Gasteiger partial charge on any atom is -0.497 e. The topological polar surface area (TPSA) is 102 Å². The Bertz CT molecular complexity index is 1410. The largest absolute Gasteiger partial charge is 0.497 e. The lowest BCUT2D eigenvalue weighted by molar-refractivity contribution is 0.383. The van der Waals surface area contributed by atoms with E-state index in [0.717, 1.165) is 29.6 Å². The van der Waals surface area contributed by atoms with Crippen LogP contribution < -0.4 is 9.64 Å². The van der Waals surface area contributed by atoms with Gasteiger partial charge in [-0.1, -0.05) is 42.4 Å². The van der Waals surface area contributed by atoms with Gasteiger partial charge in [0.15, 0.2) is 0 Å². The molecular formula is C25H27N5O4S. The molecule has 3 heterocycles. The van der Waals surface area contributed by atoms with Crippen molar-refractivity contribution in [3.63, 3.8) is 0 Å². The van der Waals surface area contributed by atoms with E-state index in [1.165, 1.54) is 4.31 Å². The van der Waals surface area contributed by atoms with Crippen molar-refractivity contribution in [1.82, 2.24) is 19.4 Å². The third-order valence-corrected chi connectivity index (χ3v) is 8.03. The van der Waals surface area contributed by atoms with Crippen LogP contribution in [0.3, 0.4) is 0 Å². The molecule has 10 heteroatoms. The molecule has 182 valence electrons. The summed E-state index contributed by atoms with van der Waals surface area (Å²) >= 11 is 0. The Morgan fingerprint density at radius 1 is 0.971 bits per heavy atom. The van der Waals surface area contributed by atoms with Crippen molar-refractivity contribution in [3.8, 4) is 17.0 Å². The average molecular weight is 494 g/mol. The molecule has 4 aromatic rings. The molecule has 2 aromatic heterocycles.